The zero-order valence-electron chi connectivity index (χ0n) is 15.2. The number of benzene rings is 2. The summed E-state index contributed by atoms with van der Waals surface area (Å²) in [4.78, 5) is 44.2. The molecule has 1 saturated heterocycles. The normalized spacial score (nSPS) is 18.9. The number of anilines is 1. The number of rotatable bonds is 5. The Hall–Kier alpha value is -3.39. The van der Waals surface area contributed by atoms with Gasteiger partial charge in [0, 0.05) is 22.8 Å². The minimum atomic E-state index is -1.28. The fourth-order valence-corrected chi connectivity index (χ4v) is 4.14. The summed E-state index contributed by atoms with van der Waals surface area (Å²) >= 11 is 1.10. The monoisotopic (exact) mass is 410 g/mol. The molecule has 29 heavy (non-hydrogen) atoms. The minimum absolute atomic E-state index is 0.150. The van der Waals surface area contributed by atoms with Gasteiger partial charge < -0.3 is 4.74 Å². The molecule has 0 radical (unpaired) electrons. The maximum atomic E-state index is 13.4. The number of carbonyl (C=O) groups excluding carboxylic acids is 3. The van der Waals surface area contributed by atoms with Gasteiger partial charge in [-0.15, -0.1) is 11.3 Å². The fourth-order valence-electron chi connectivity index (χ4n) is 3.52. The van der Waals surface area contributed by atoms with E-state index in [-0.39, 0.29) is 5.01 Å². The van der Waals surface area contributed by atoms with Gasteiger partial charge in [0.05, 0.1) is 13.2 Å². The van der Waals surface area contributed by atoms with Gasteiger partial charge in [-0.1, -0.05) is 18.2 Å². The Balaban J connectivity index is 1.90. The first-order chi connectivity index (χ1) is 14.0. The standard InChI is InChI=1S/C21H15FN2O4S/c1-28-15-5-3-2-4-14(15)17-16(18(25)20-23-10-11-29-20)19(26)21(27)24(17)13-8-6-12(22)7-9-13/h2-11,16-17H,1H3. The van der Waals surface area contributed by atoms with Crippen LogP contribution in [0.25, 0.3) is 0 Å². The third kappa shape index (κ3) is 3.21. The number of ether oxygens (including phenoxy) is 1. The van der Waals surface area contributed by atoms with Crippen molar-refractivity contribution in [3.8, 4) is 5.75 Å². The van der Waals surface area contributed by atoms with Crippen LogP contribution in [0.3, 0.4) is 0 Å². The van der Waals surface area contributed by atoms with Crippen LogP contribution >= 0.6 is 11.3 Å². The number of nitrogens with zero attached hydrogens (tertiary/aromatic N) is 2. The lowest BCUT2D eigenvalue weighted by molar-refractivity contribution is -0.135. The SMILES string of the molecule is COc1ccccc1C1C(C(=O)c2nccs2)C(=O)C(=O)N1c1ccc(F)cc1. The Morgan fingerprint density at radius 3 is 2.52 bits per heavy atom. The molecule has 1 aromatic heterocycles. The number of hydrogen-bond donors (Lipinski definition) is 0. The maximum Gasteiger partial charge on any atom is 0.295 e. The van der Waals surface area contributed by atoms with Crippen molar-refractivity contribution < 1.29 is 23.5 Å². The number of methoxy groups -OCH3 is 1. The number of hydrogen-bond acceptors (Lipinski definition) is 6. The van der Waals surface area contributed by atoms with Gasteiger partial charge in [-0.3, -0.25) is 19.3 Å². The molecule has 2 atom stereocenters. The highest BCUT2D eigenvalue weighted by atomic mass is 32.1. The molecule has 0 bridgehead atoms. The lowest BCUT2D eigenvalue weighted by Crippen LogP contribution is -2.31. The molecule has 1 aliphatic rings. The van der Waals surface area contributed by atoms with E-state index in [1.807, 2.05) is 0 Å². The van der Waals surface area contributed by atoms with Crippen molar-refractivity contribution in [3.05, 3.63) is 76.5 Å². The van der Waals surface area contributed by atoms with Gasteiger partial charge in [0.2, 0.25) is 11.6 Å². The number of thiazole rings is 1. The summed E-state index contributed by atoms with van der Waals surface area (Å²) in [5.74, 6) is -3.51. The van der Waals surface area contributed by atoms with Crippen molar-refractivity contribution in [1.29, 1.82) is 0 Å². The molecular weight excluding hydrogens is 395 g/mol. The quantitative estimate of drug-likeness (QED) is 0.366. The average molecular weight is 410 g/mol. The van der Waals surface area contributed by atoms with Crippen LogP contribution in [0.1, 0.15) is 21.4 Å². The molecule has 2 unspecified atom stereocenters. The summed E-state index contributed by atoms with van der Waals surface area (Å²) < 4.78 is 18.8. The summed E-state index contributed by atoms with van der Waals surface area (Å²) in [7, 11) is 1.47. The van der Waals surface area contributed by atoms with Crippen molar-refractivity contribution in [3.63, 3.8) is 0 Å². The van der Waals surface area contributed by atoms with Crippen LogP contribution in [0.15, 0.2) is 60.1 Å². The van der Waals surface area contributed by atoms with E-state index in [0.717, 1.165) is 11.3 Å². The first-order valence-electron chi connectivity index (χ1n) is 8.72. The first-order valence-corrected chi connectivity index (χ1v) is 9.60. The smallest absolute Gasteiger partial charge is 0.295 e. The minimum Gasteiger partial charge on any atom is -0.496 e. The topological polar surface area (TPSA) is 76.6 Å². The highest BCUT2D eigenvalue weighted by Crippen LogP contribution is 2.44. The van der Waals surface area contributed by atoms with Crippen molar-refractivity contribution in [2.75, 3.05) is 12.0 Å². The first kappa shape index (κ1) is 18.9. The van der Waals surface area contributed by atoms with Crippen LogP contribution in [0, 0.1) is 11.7 Å². The number of amides is 1. The molecule has 0 spiro atoms. The van der Waals surface area contributed by atoms with Crippen LogP contribution in [0.4, 0.5) is 10.1 Å². The molecule has 8 heteroatoms. The zero-order chi connectivity index (χ0) is 20.5. The van der Waals surface area contributed by atoms with Crippen LogP contribution in [-0.2, 0) is 9.59 Å². The molecule has 1 aliphatic heterocycles. The van der Waals surface area contributed by atoms with Gasteiger partial charge in [0.1, 0.15) is 17.5 Å². The van der Waals surface area contributed by atoms with E-state index in [0.29, 0.717) is 17.0 Å². The molecule has 0 saturated carbocycles. The molecule has 6 nitrogen and oxygen atoms in total. The summed E-state index contributed by atoms with van der Waals surface area (Å²) in [5.41, 5.74) is 0.823. The fraction of sp³-hybridized carbons (Fsp3) is 0.143. The van der Waals surface area contributed by atoms with E-state index in [2.05, 4.69) is 4.98 Å². The van der Waals surface area contributed by atoms with Crippen LogP contribution in [0.2, 0.25) is 0 Å². The lowest BCUT2D eigenvalue weighted by atomic mass is 9.88. The van der Waals surface area contributed by atoms with Crippen LogP contribution < -0.4 is 9.64 Å². The predicted molar refractivity (Wildman–Crippen MR) is 105 cm³/mol. The molecule has 0 aliphatic carbocycles. The Morgan fingerprint density at radius 2 is 1.86 bits per heavy atom. The van der Waals surface area contributed by atoms with Crippen molar-refractivity contribution in [1.82, 2.24) is 4.98 Å². The molecule has 0 N–H and O–H groups in total. The van der Waals surface area contributed by atoms with Crippen molar-refractivity contribution >= 4 is 34.5 Å². The number of ketones is 2. The van der Waals surface area contributed by atoms with Crippen molar-refractivity contribution in [2.24, 2.45) is 5.92 Å². The van der Waals surface area contributed by atoms with Gasteiger partial charge in [-0.25, -0.2) is 9.37 Å². The number of para-hydroxylation sites is 1. The van der Waals surface area contributed by atoms with Crippen LogP contribution in [-0.4, -0.2) is 29.6 Å². The Kier molecular flexibility index (Phi) is 4.94. The molecule has 2 heterocycles. The summed E-state index contributed by atoms with van der Waals surface area (Å²) in [6, 6.07) is 11.1. The summed E-state index contributed by atoms with van der Waals surface area (Å²) in [6.07, 6.45) is 1.47. The highest BCUT2D eigenvalue weighted by Gasteiger charge is 2.53. The second kappa shape index (κ2) is 7.56. The molecule has 1 fully saturated rings. The van der Waals surface area contributed by atoms with E-state index in [1.54, 1.807) is 29.6 Å². The van der Waals surface area contributed by atoms with E-state index in [9.17, 15) is 18.8 Å². The lowest BCUT2D eigenvalue weighted by Gasteiger charge is -2.28. The van der Waals surface area contributed by atoms with Crippen LogP contribution in [0.5, 0.6) is 5.75 Å². The Bertz CT molecular complexity index is 1080. The zero-order valence-corrected chi connectivity index (χ0v) is 16.1. The second-order valence-electron chi connectivity index (χ2n) is 6.38. The van der Waals surface area contributed by atoms with E-state index >= 15 is 0 Å². The highest BCUT2D eigenvalue weighted by molar-refractivity contribution is 7.11. The van der Waals surface area contributed by atoms with Crippen molar-refractivity contribution in [2.45, 2.75) is 6.04 Å². The predicted octanol–water partition coefficient (Wildman–Crippen LogP) is 3.45. The number of aromatic nitrogens is 1. The molecular formula is C21H15FN2O4S. The third-order valence-corrected chi connectivity index (χ3v) is 5.58. The Morgan fingerprint density at radius 1 is 1.14 bits per heavy atom. The molecule has 2 aromatic carbocycles. The summed E-state index contributed by atoms with van der Waals surface area (Å²) in [6.45, 7) is 0. The largest absolute Gasteiger partial charge is 0.496 e. The van der Waals surface area contributed by atoms with E-state index in [4.69, 9.17) is 4.74 Å². The molecule has 1 amide bonds. The molecule has 3 aromatic rings. The number of halogens is 1. The van der Waals surface area contributed by atoms with E-state index in [1.165, 1.54) is 42.5 Å². The van der Waals surface area contributed by atoms with Gasteiger partial charge in [0.25, 0.3) is 5.91 Å². The molecule has 146 valence electrons. The summed E-state index contributed by atoms with van der Waals surface area (Å²) in [5, 5.41) is 1.78. The van der Waals surface area contributed by atoms with E-state index < -0.39 is 35.3 Å². The average Bonchev–Trinajstić information content (AvgIpc) is 3.36. The van der Waals surface area contributed by atoms with Gasteiger partial charge >= 0.3 is 0 Å². The number of Topliss-reactive ketones (excluding diaryl/α,β-unsaturated/α-hetero) is 2. The number of carbonyl (C=O) groups is 3. The maximum absolute atomic E-state index is 13.4. The third-order valence-electron chi connectivity index (χ3n) is 4.79. The molecule has 4 rings (SSSR count). The van der Waals surface area contributed by atoms with Gasteiger partial charge in [-0.05, 0) is 30.3 Å². The second-order valence-corrected chi connectivity index (χ2v) is 7.28. The van der Waals surface area contributed by atoms with Gasteiger partial charge in [-0.2, -0.15) is 0 Å². The van der Waals surface area contributed by atoms with Gasteiger partial charge in [0.15, 0.2) is 5.01 Å². The Labute approximate surface area is 169 Å².